The third-order valence-corrected chi connectivity index (χ3v) is 4.56. The van der Waals surface area contributed by atoms with Crippen LogP contribution in [0.5, 0.6) is 0 Å². The number of alkyl halides is 3. The molecule has 0 nitrogen and oxygen atoms in total. The smallest absolute Gasteiger partial charge is 0.213 e. The van der Waals surface area contributed by atoms with Gasteiger partial charge in [0.1, 0.15) is 0 Å². The second-order valence-corrected chi connectivity index (χ2v) is 6.89. The van der Waals surface area contributed by atoms with Gasteiger partial charge in [-0.15, -0.1) is 0 Å². The average Bonchev–Trinajstić information content (AvgIpc) is 1.31. The zero-order valence-electron chi connectivity index (χ0n) is 4.08. The van der Waals surface area contributed by atoms with Gasteiger partial charge in [0.15, 0.2) is 0 Å². The Labute approximate surface area is 61.5 Å². The Balaban J connectivity index is 3.54. The van der Waals surface area contributed by atoms with E-state index in [0.717, 1.165) is 0 Å². The molecule has 0 spiro atoms. The van der Waals surface area contributed by atoms with Crippen LogP contribution in [0.1, 0.15) is 0 Å². The van der Waals surface area contributed by atoms with E-state index in [0.29, 0.717) is 0 Å². The highest BCUT2D eigenvalue weighted by Crippen LogP contribution is 2.45. The minimum absolute atomic E-state index is 0.445. The van der Waals surface area contributed by atoms with Gasteiger partial charge in [-0.25, -0.2) is 10.9 Å². The van der Waals surface area contributed by atoms with Crippen molar-refractivity contribution in [2.45, 2.75) is 3.12 Å². The second kappa shape index (κ2) is 2.67. The molecule has 46 valence electrons. The Morgan fingerprint density at radius 2 is 1.29 bits per heavy atom. The van der Waals surface area contributed by atoms with E-state index in [1.54, 1.807) is 0 Å². The number of rotatable bonds is 0. The molecule has 0 N–H and O–H groups in total. The summed E-state index contributed by atoms with van der Waals surface area (Å²) in [5.41, 5.74) is 0. The number of halogens is 3. The van der Waals surface area contributed by atoms with Gasteiger partial charge in [0.25, 0.3) is 0 Å². The zero-order chi connectivity index (χ0) is 6.08. The van der Waals surface area contributed by atoms with Crippen LogP contribution in [-0.2, 0) is 0 Å². The van der Waals surface area contributed by atoms with E-state index in [1.807, 2.05) is 12.5 Å². The molecule has 0 aliphatic heterocycles. The van der Waals surface area contributed by atoms with Crippen molar-refractivity contribution < 1.29 is 0 Å². The fraction of sp³-hybridized carbons (Fsp3) is 1.00. The van der Waals surface area contributed by atoms with Gasteiger partial charge < -0.3 is 0 Å². The van der Waals surface area contributed by atoms with Gasteiger partial charge in [-0.1, -0.05) is 34.8 Å². The van der Waals surface area contributed by atoms with E-state index in [9.17, 15) is 0 Å². The lowest BCUT2D eigenvalue weighted by atomic mass is 11.8. The highest BCUT2D eigenvalue weighted by molar-refractivity contribution is 8.20. The third-order valence-electron chi connectivity index (χ3n) is 0.507. The largest absolute Gasteiger partial charge is 0.219 e. The van der Waals surface area contributed by atoms with E-state index < -0.39 is 14.0 Å². The molecule has 0 amide bonds. The molecule has 0 aromatic rings. The summed E-state index contributed by atoms with van der Waals surface area (Å²) < 4.78 is -1.02. The second-order valence-electron chi connectivity index (χ2n) is 1.36. The van der Waals surface area contributed by atoms with Gasteiger partial charge in [0.2, 0.25) is 3.12 Å². The van der Waals surface area contributed by atoms with E-state index in [4.69, 9.17) is 34.8 Å². The Kier molecular flexibility index (Phi) is 3.14. The van der Waals surface area contributed by atoms with E-state index in [2.05, 4.69) is 0 Å². The van der Waals surface area contributed by atoms with Crippen LogP contribution in [0, 0.1) is 0 Å². The Morgan fingerprint density at radius 3 is 1.29 bits per heavy atom. The van der Waals surface area contributed by atoms with Crippen molar-refractivity contribution >= 4 is 45.7 Å². The first-order valence-electron chi connectivity index (χ1n) is 1.68. The molecule has 0 aromatic carbocycles. The molecule has 0 fully saturated rings. The summed E-state index contributed by atoms with van der Waals surface area (Å²) in [4.78, 5) is 0. The maximum Gasteiger partial charge on any atom is 0.219 e. The molecule has 4 heteroatoms. The van der Waals surface area contributed by atoms with Crippen LogP contribution in [0.15, 0.2) is 0 Å². The van der Waals surface area contributed by atoms with Crippen LogP contribution < -0.4 is 0 Å². The summed E-state index contributed by atoms with van der Waals surface area (Å²) in [5.74, 6) is 0. The van der Waals surface area contributed by atoms with Crippen molar-refractivity contribution in [2.75, 3.05) is 12.5 Å². The molecule has 0 rings (SSSR count). The molecule has 0 aromatic heterocycles. The van der Waals surface area contributed by atoms with E-state index >= 15 is 0 Å². The van der Waals surface area contributed by atoms with Crippen LogP contribution in [0.25, 0.3) is 0 Å². The highest BCUT2D eigenvalue weighted by Gasteiger charge is 2.20. The fourth-order valence-electron chi connectivity index (χ4n) is 0. The topological polar surface area (TPSA) is 0 Å². The Hall–Kier alpha value is 1.22. The monoisotopic (exact) mass is 180 g/mol. The summed E-state index contributed by atoms with van der Waals surface area (Å²) in [6.45, 7) is 0. The minimum atomic E-state index is -1.02. The SMILES string of the molecule is C[SH](C)C(Cl)(Cl)Cl. The standard InChI is InChI=1S/C3H7Cl3S/c1-7(2)3(4,5)6/h7H,1-2H3. The summed E-state index contributed by atoms with van der Waals surface area (Å²) in [7, 11) is -0.445. The summed E-state index contributed by atoms with van der Waals surface area (Å²) in [5, 5.41) is 0. The van der Waals surface area contributed by atoms with Crippen molar-refractivity contribution in [3.8, 4) is 0 Å². The molecule has 0 aliphatic carbocycles. The molecule has 0 saturated carbocycles. The molecule has 0 heterocycles. The number of thiol groups is 1. The lowest BCUT2D eigenvalue weighted by molar-refractivity contribution is 1.74. The summed E-state index contributed by atoms with van der Waals surface area (Å²) in [6.07, 6.45) is 3.84. The lowest BCUT2D eigenvalue weighted by Crippen LogP contribution is -1.99. The lowest BCUT2D eigenvalue weighted by Gasteiger charge is -2.18. The van der Waals surface area contributed by atoms with Crippen molar-refractivity contribution in [1.29, 1.82) is 0 Å². The normalized spacial score (nSPS) is 14.1. The molecule has 0 unspecified atom stereocenters. The summed E-state index contributed by atoms with van der Waals surface area (Å²) >= 11 is 16.3. The van der Waals surface area contributed by atoms with Crippen molar-refractivity contribution in [3.63, 3.8) is 0 Å². The molecule has 0 atom stereocenters. The van der Waals surface area contributed by atoms with Crippen molar-refractivity contribution in [3.05, 3.63) is 0 Å². The van der Waals surface area contributed by atoms with Crippen LogP contribution in [0.4, 0.5) is 0 Å². The molecule has 0 bridgehead atoms. The minimum Gasteiger partial charge on any atom is -0.213 e. The van der Waals surface area contributed by atoms with Gasteiger partial charge in [0, 0.05) is 0 Å². The van der Waals surface area contributed by atoms with Crippen LogP contribution >= 0.6 is 45.7 Å². The third kappa shape index (κ3) is 3.77. The molecule has 0 aliphatic rings. The summed E-state index contributed by atoms with van der Waals surface area (Å²) in [6, 6.07) is 0. The van der Waals surface area contributed by atoms with Gasteiger partial charge >= 0.3 is 0 Å². The quantitative estimate of drug-likeness (QED) is 0.431. The first-order chi connectivity index (χ1) is 2.94. The van der Waals surface area contributed by atoms with Gasteiger partial charge in [-0.3, -0.25) is 0 Å². The van der Waals surface area contributed by atoms with E-state index in [-0.39, 0.29) is 0 Å². The molecular weight excluding hydrogens is 174 g/mol. The van der Waals surface area contributed by atoms with Gasteiger partial charge in [-0.2, -0.15) is 0 Å². The van der Waals surface area contributed by atoms with E-state index in [1.165, 1.54) is 0 Å². The first-order valence-corrected chi connectivity index (χ1v) is 5.05. The van der Waals surface area contributed by atoms with Crippen LogP contribution in [-0.4, -0.2) is 15.6 Å². The number of hydrogen-bond acceptors (Lipinski definition) is 0. The zero-order valence-corrected chi connectivity index (χ0v) is 7.24. The highest BCUT2D eigenvalue weighted by atomic mass is 35.6. The maximum absolute atomic E-state index is 5.43. The number of hydrogen-bond donors (Lipinski definition) is 1. The first kappa shape index (κ1) is 8.22. The predicted molar refractivity (Wildman–Crippen MR) is 41.1 cm³/mol. The molecule has 0 radical (unpaired) electrons. The Bertz CT molecular complexity index is 55.7. The predicted octanol–water partition coefficient (Wildman–Crippen LogP) is 2.57. The van der Waals surface area contributed by atoms with Crippen molar-refractivity contribution in [2.24, 2.45) is 0 Å². The van der Waals surface area contributed by atoms with Gasteiger partial charge in [-0.05, 0) is 12.5 Å². The van der Waals surface area contributed by atoms with Crippen LogP contribution in [0.3, 0.4) is 0 Å². The molecular formula is C3H7Cl3S. The van der Waals surface area contributed by atoms with Gasteiger partial charge in [0.05, 0.1) is 0 Å². The molecule has 0 saturated heterocycles. The Morgan fingerprint density at radius 1 is 1.14 bits per heavy atom. The van der Waals surface area contributed by atoms with Crippen LogP contribution in [0.2, 0.25) is 0 Å². The van der Waals surface area contributed by atoms with Crippen molar-refractivity contribution in [1.82, 2.24) is 0 Å². The molecule has 7 heavy (non-hydrogen) atoms. The maximum atomic E-state index is 5.43. The average molecular weight is 182 g/mol. The fourth-order valence-corrected chi connectivity index (χ4v) is 0.